The van der Waals surface area contributed by atoms with Crippen LogP contribution in [0, 0.1) is 17.0 Å². The minimum absolute atomic E-state index is 0.0749. The molecule has 0 aliphatic heterocycles. The SMILES string of the molecule is Cc1ccc(NC(=O)C(Sc2cccc(NC(=O)/C(=C\c3ccc([N+](=O)[O-])cc3)NC(=O)c3ccccc3)c2)c2ccccc2)cc1Cl. The molecule has 240 valence electrons. The van der Waals surface area contributed by atoms with Crippen LogP contribution in [0.15, 0.2) is 138 Å². The first-order valence-electron chi connectivity index (χ1n) is 14.7. The molecular formula is C37H29ClN4O5S. The molecule has 0 bridgehead atoms. The van der Waals surface area contributed by atoms with Gasteiger partial charge < -0.3 is 16.0 Å². The molecule has 0 saturated heterocycles. The predicted molar refractivity (Wildman–Crippen MR) is 190 cm³/mol. The van der Waals surface area contributed by atoms with Crippen LogP contribution in [0.5, 0.6) is 0 Å². The van der Waals surface area contributed by atoms with Gasteiger partial charge in [0.15, 0.2) is 0 Å². The van der Waals surface area contributed by atoms with Crippen LogP contribution >= 0.6 is 23.4 Å². The van der Waals surface area contributed by atoms with Gasteiger partial charge in [0.05, 0.1) is 4.92 Å². The molecule has 5 aromatic rings. The number of hydrogen-bond acceptors (Lipinski definition) is 6. The molecule has 0 radical (unpaired) electrons. The number of carbonyl (C=O) groups excluding carboxylic acids is 3. The number of aryl methyl sites for hydroxylation is 1. The number of nitro benzene ring substituents is 1. The summed E-state index contributed by atoms with van der Waals surface area (Å²) in [4.78, 5) is 51.5. The third-order valence-electron chi connectivity index (χ3n) is 7.07. The first kappa shape index (κ1) is 33.6. The van der Waals surface area contributed by atoms with Gasteiger partial charge in [-0.2, -0.15) is 0 Å². The van der Waals surface area contributed by atoms with Crippen molar-refractivity contribution in [3.05, 3.63) is 170 Å². The molecule has 0 spiro atoms. The van der Waals surface area contributed by atoms with E-state index in [1.807, 2.05) is 49.4 Å². The molecule has 0 fully saturated rings. The normalized spacial score (nSPS) is 11.7. The molecule has 48 heavy (non-hydrogen) atoms. The molecule has 0 heterocycles. The Hall–Kier alpha value is -5.71. The van der Waals surface area contributed by atoms with E-state index in [1.54, 1.807) is 60.7 Å². The van der Waals surface area contributed by atoms with Crippen molar-refractivity contribution in [1.82, 2.24) is 5.32 Å². The van der Waals surface area contributed by atoms with E-state index in [-0.39, 0.29) is 17.3 Å². The molecule has 1 unspecified atom stereocenters. The summed E-state index contributed by atoms with van der Waals surface area (Å²) in [5, 5.41) is 19.5. The Morgan fingerprint density at radius 3 is 2.12 bits per heavy atom. The number of benzene rings is 5. The smallest absolute Gasteiger partial charge is 0.272 e. The number of nitrogens with one attached hydrogen (secondary N) is 3. The van der Waals surface area contributed by atoms with E-state index < -0.39 is 22.0 Å². The van der Waals surface area contributed by atoms with Crippen molar-refractivity contribution in [2.24, 2.45) is 0 Å². The zero-order chi connectivity index (χ0) is 34.0. The lowest BCUT2D eigenvalue weighted by Crippen LogP contribution is -2.30. The monoisotopic (exact) mass is 676 g/mol. The fourth-order valence-corrected chi connectivity index (χ4v) is 5.83. The van der Waals surface area contributed by atoms with E-state index in [4.69, 9.17) is 11.6 Å². The number of thioether (sulfide) groups is 1. The van der Waals surface area contributed by atoms with Gasteiger partial charge in [-0.15, -0.1) is 11.8 Å². The number of rotatable bonds is 11. The van der Waals surface area contributed by atoms with Crippen LogP contribution in [0.1, 0.15) is 32.3 Å². The highest BCUT2D eigenvalue weighted by Crippen LogP contribution is 2.37. The van der Waals surface area contributed by atoms with Gasteiger partial charge >= 0.3 is 0 Å². The molecule has 0 aliphatic carbocycles. The maximum atomic E-state index is 13.6. The molecule has 5 rings (SSSR count). The fraction of sp³-hybridized carbons (Fsp3) is 0.0541. The number of carbonyl (C=O) groups is 3. The fourth-order valence-electron chi connectivity index (χ4n) is 4.56. The largest absolute Gasteiger partial charge is 0.325 e. The minimum atomic E-state index is -0.639. The topological polar surface area (TPSA) is 130 Å². The summed E-state index contributed by atoms with van der Waals surface area (Å²) in [7, 11) is 0. The lowest BCUT2D eigenvalue weighted by atomic mass is 10.1. The number of hydrogen-bond donors (Lipinski definition) is 3. The highest BCUT2D eigenvalue weighted by Gasteiger charge is 2.23. The molecule has 1 atom stereocenters. The van der Waals surface area contributed by atoms with Crippen LogP contribution in [-0.4, -0.2) is 22.6 Å². The van der Waals surface area contributed by atoms with E-state index in [0.29, 0.717) is 32.4 Å². The van der Waals surface area contributed by atoms with E-state index in [0.717, 1.165) is 11.1 Å². The molecule has 3 N–H and O–H groups in total. The second kappa shape index (κ2) is 15.7. The van der Waals surface area contributed by atoms with E-state index in [2.05, 4.69) is 16.0 Å². The molecule has 0 aromatic heterocycles. The van der Waals surface area contributed by atoms with Gasteiger partial charge in [0.2, 0.25) is 5.91 Å². The minimum Gasteiger partial charge on any atom is -0.325 e. The van der Waals surface area contributed by atoms with Crippen molar-refractivity contribution in [1.29, 1.82) is 0 Å². The van der Waals surface area contributed by atoms with E-state index in [9.17, 15) is 24.5 Å². The van der Waals surface area contributed by atoms with Crippen LogP contribution in [0.2, 0.25) is 5.02 Å². The zero-order valence-corrected chi connectivity index (χ0v) is 27.1. The predicted octanol–water partition coefficient (Wildman–Crippen LogP) is 8.44. The molecule has 0 saturated carbocycles. The summed E-state index contributed by atoms with van der Waals surface area (Å²) in [5.74, 6) is -1.37. The van der Waals surface area contributed by atoms with Crippen molar-refractivity contribution < 1.29 is 19.3 Å². The number of anilines is 2. The average molecular weight is 677 g/mol. The van der Waals surface area contributed by atoms with E-state index >= 15 is 0 Å². The number of nitro groups is 1. The number of non-ortho nitro benzene ring substituents is 1. The van der Waals surface area contributed by atoms with Crippen LogP contribution in [0.4, 0.5) is 17.1 Å². The zero-order valence-electron chi connectivity index (χ0n) is 25.6. The lowest BCUT2D eigenvalue weighted by molar-refractivity contribution is -0.384. The molecule has 9 nitrogen and oxygen atoms in total. The second-order valence-electron chi connectivity index (χ2n) is 10.6. The summed E-state index contributed by atoms with van der Waals surface area (Å²) in [5.41, 5.74) is 3.30. The highest BCUT2D eigenvalue weighted by atomic mass is 35.5. The van der Waals surface area contributed by atoms with Crippen molar-refractivity contribution in [3.63, 3.8) is 0 Å². The van der Waals surface area contributed by atoms with Gasteiger partial charge in [0, 0.05) is 39.0 Å². The molecule has 11 heteroatoms. The Kier molecular flexibility index (Phi) is 11.0. The first-order valence-corrected chi connectivity index (χ1v) is 15.9. The van der Waals surface area contributed by atoms with Crippen LogP contribution < -0.4 is 16.0 Å². The van der Waals surface area contributed by atoms with Crippen molar-refractivity contribution in [2.45, 2.75) is 17.1 Å². The molecular weight excluding hydrogens is 648 g/mol. The Balaban J connectivity index is 1.38. The third kappa shape index (κ3) is 8.97. The van der Waals surface area contributed by atoms with Crippen LogP contribution in [0.3, 0.4) is 0 Å². The maximum absolute atomic E-state index is 13.6. The summed E-state index contributed by atoms with van der Waals surface area (Å²) in [6.07, 6.45) is 1.44. The van der Waals surface area contributed by atoms with E-state index in [1.165, 1.54) is 42.1 Å². The van der Waals surface area contributed by atoms with Gasteiger partial charge in [0.25, 0.3) is 17.5 Å². The van der Waals surface area contributed by atoms with Crippen molar-refractivity contribution in [3.8, 4) is 0 Å². The number of amides is 3. The van der Waals surface area contributed by atoms with Gasteiger partial charge in [-0.25, -0.2) is 0 Å². The summed E-state index contributed by atoms with van der Waals surface area (Å²) in [6, 6.07) is 35.7. The van der Waals surface area contributed by atoms with Crippen molar-refractivity contribution in [2.75, 3.05) is 10.6 Å². The number of halogens is 1. The Morgan fingerprint density at radius 1 is 0.792 bits per heavy atom. The van der Waals surface area contributed by atoms with Gasteiger partial charge in [-0.3, -0.25) is 24.5 Å². The molecule has 0 aliphatic rings. The summed E-state index contributed by atoms with van der Waals surface area (Å²) >= 11 is 7.59. The summed E-state index contributed by atoms with van der Waals surface area (Å²) < 4.78 is 0. The highest BCUT2D eigenvalue weighted by molar-refractivity contribution is 8.00. The average Bonchev–Trinajstić information content (AvgIpc) is 3.09. The first-order chi connectivity index (χ1) is 23.2. The molecule has 5 aromatic carbocycles. The number of nitrogens with zero attached hydrogens (tertiary/aromatic N) is 1. The Morgan fingerprint density at radius 2 is 1.46 bits per heavy atom. The lowest BCUT2D eigenvalue weighted by Gasteiger charge is -2.18. The van der Waals surface area contributed by atoms with Crippen LogP contribution in [-0.2, 0) is 9.59 Å². The Labute approximate surface area is 286 Å². The maximum Gasteiger partial charge on any atom is 0.272 e. The van der Waals surface area contributed by atoms with Crippen molar-refractivity contribution >= 4 is 64.2 Å². The van der Waals surface area contributed by atoms with Gasteiger partial charge in [0.1, 0.15) is 10.9 Å². The standard InChI is InChI=1S/C37H29ClN4O5S/c1-24-15-18-29(23-32(24)38)40-37(45)34(26-9-4-2-5-10-26)48-31-14-8-13-28(22-31)39-36(44)33(41-35(43)27-11-6-3-7-12-27)21-25-16-19-30(20-17-25)42(46)47/h2-23,34H,1H3,(H,39,44)(H,40,45)(H,41,43)/b33-21+. The van der Waals surface area contributed by atoms with Crippen LogP contribution in [0.25, 0.3) is 6.08 Å². The quantitative estimate of drug-likeness (QED) is 0.0557. The van der Waals surface area contributed by atoms with Gasteiger partial charge in [-0.05, 0) is 84.3 Å². The Bertz CT molecular complexity index is 1990. The second-order valence-corrected chi connectivity index (χ2v) is 12.2. The third-order valence-corrected chi connectivity index (χ3v) is 8.72. The summed E-state index contributed by atoms with van der Waals surface area (Å²) in [6.45, 7) is 1.88. The molecule has 3 amide bonds. The van der Waals surface area contributed by atoms with Gasteiger partial charge in [-0.1, -0.05) is 72.3 Å².